The quantitative estimate of drug-likeness (QED) is 0.338. The third-order valence-corrected chi connectivity index (χ3v) is 7.89. The van der Waals surface area contributed by atoms with Gasteiger partial charge in [-0.2, -0.15) is 0 Å². The molecule has 2 aromatic carbocycles. The summed E-state index contributed by atoms with van der Waals surface area (Å²) in [6.07, 6.45) is 5.44. The number of rotatable bonds is 7. The van der Waals surface area contributed by atoms with Crippen LogP contribution in [0, 0.1) is 0 Å². The smallest absolute Gasteiger partial charge is 0.329 e. The molecule has 2 aliphatic rings. The monoisotopic (exact) mass is 504 g/mol. The first-order chi connectivity index (χ1) is 17.6. The van der Waals surface area contributed by atoms with E-state index >= 15 is 0 Å². The predicted molar refractivity (Wildman–Crippen MR) is 142 cm³/mol. The van der Waals surface area contributed by atoms with Crippen LogP contribution in [-0.4, -0.2) is 35.1 Å². The summed E-state index contributed by atoms with van der Waals surface area (Å²) >= 11 is 1.58. The largest absolute Gasteiger partial charge is 0.478 e. The Morgan fingerprint density at radius 3 is 2.61 bits per heavy atom. The van der Waals surface area contributed by atoms with Crippen molar-refractivity contribution < 1.29 is 19.1 Å². The summed E-state index contributed by atoms with van der Waals surface area (Å²) in [7, 11) is 0. The lowest BCUT2D eigenvalue weighted by Crippen LogP contribution is -2.54. The van der Waals surface area contributed by atoms with Crippen molar-refractivity contribution >= 4 is 28.9 Å². The first-order valence-electron chi connectivity index (χ1n) is 12.9. The number of aromatic nitrogens is 1. The third kappa shape index (κ3) is 4.89. The lowest BCUT2D eigenvalue weighted by molar-refractivity contribution is -0.153. The number of nitrogens with zero attached hydrogens (tertiary/aromatic N) is 2. The van der Waals surface area contributed by atoms with Gasteiger partial charge >= 0.3 is 5.97 Å². The molecular weight excluding hydrogens is 472 g/mol. The molecule has 6 nitrogen and oxygen atoms in total. The molecular formula is C29H32N2O4S. The van der Waals surface area contributed by atoms with E-state index in [9.17, 15) is 9.59 Å². The van der Waals surface area contributed by atoms with E-state index in [4.69, 9.17) is 14.5 Å². The number of benzene rings is 2. The number of carbonyl (C=O) groups excluding carboxylic acids is 2. The number of anilines is 1. The van der Waals surface area contributed by atoms with Gasteiger partial charge in [0.15, 0.2) is 6.10 Å². The molecule has 1 aromatic heterocycles. The first-order valence-corrected chi connectivity index (χ1v) is 13.8. The van der Waals surface area contributed by atoms with E-state index in [1.165, 1.54) is 6.42 Å². The molecule has 0 spiro atoms. The van der Waals surface area contributed by atoms with Gasteiger partial charge in [0.1, 0.15) is 22.9 Å². The summed E-state index contributed by atoms with van der Waals surface area (Å²) in [6, 6.07) is 15.1. The molecule has 1 aliphatic heterocycles. The molecule has 2 atom stereocenters. The number of esters is 1. The molecule has 1 saturated carbocycles. The van der Waals surface area contributed by atoms with Gasteiger partial charge in [0.2, 0.25) is 0 Å². The second-order valence-corrected chi connectivity index (χ2v) is 10.3. The van der Waals surface area contributed by atoms with Crippen LogP contribution >= 0.6 is 11.3 Å². The standard InChI is InChI=1S/C29H32N2O4S/c1-3-23(29(33)34-21-13-9-6-10-14-21)31-24-17-20(15-16-26(24)35-25(4-2)28(31)32)22-18-36-27(30-22)19-11-7-5-8-12-19/h5,7-8,11-12,15-18,21,23,25H,3-4,6,9-10,13-14H2,1-2H3. The van der Waals surface area contributed by atoms with Gasteiger partial charge in [0.25, 0.3) is 5.91 Å². The van der Waals surface area contributed by atoms with Gasteiger partial charge in [-0.15, -0.1) is 11.3 Å². The minimum atomic E-state index is -0.693. The number of hydrogen-bond donors (Lipinski definition) is 0. The zero-order valence-corrected chi connectivity index (χ0v) is 21.6. The predicted octanol–water partition coefficient (Wildman–Crippen LogP) is 6.64. The number of ether oxygens (including phenoxy) is 2. The SMILES string of the molecule is CCC1Oc2ccc(-c3csc(-c4ccccc4)n3)cc2N(C(CC)C(=O)OC2CCCCC2)C1=O. The Labute approximate surface area is 216 Å². The summed E-state index contributed by atoms with van der Waals surface area (Å²) in [5, 5.41) is 2.95. The summed E-state index contributed by atoms with van der Waals surface area (Å²) in [5.74, 6) is 0.0800. The molecule has 5 rings (SSSR count). The lowest BCUT2D eigenvalue weighted by Gasteiger charge is -2.38. The minimum absolute atomic E-state index is 0.0596. The molecule has 3 aromatic rings. The molecule has 36 heavy (non-hydrogen) atoms. The molecule has 7 heteroatoms. The molecule has 188 valence electrons. The van der Waals surface area contributed by atoms with Gasteiger partial charge < -0.3 is 9.47 Å². The van der Waals surface area contributed by atoms with Crippen molar-refractivity contribution in [2.45, 2.75) is 77.0 Å². The first kappa shape index (κ1) is 24.5. The van der Waals surface area contributed by atoms with Crippen LogP contribution in [0.15, 0.2) is 53.9 Å². The number of carbonyl (C=O) groups is 2. The van der Waals surface area contributed by atoms with E-state index < -0.39 is 12.1 Å². The molecule has 1 amide bonds. The van der Waals surface area contributed by atoms with E-state index in [-0.39, 0.29) is 18.0 Å². The maximum atomic E-state index is 13.5. The Balaban J connectivity index is 1.48. The van der Waals surface area contributed by atoms with E-state index in [1.807, 2.05) is 67.8 Å². The normalized spacial score (nSPS) is 18.9. The fourth-order valence-corrected chi connectivity index (χ4v) is 5.86. The zero-order valence-electron chi connectivity index (χ0n) is 20.8. The average molecular weight is 505 g/mol. The summed E-state index contributed by atoms with van der Waals surface area (Å²) < 4.78 is 12.0. The summed E-state index contributed by atoms with van der Waals surface area (Å²) in [6.45, 7) is 3.84. The highest BCUT2D eigenvalue weighted by atomic mass is 32.1. The molecule has 0 saturated heterocycles. The second-order valence-electron chi connectivity index (χ2n) is 9.43. The highest BCUT2D eigenvalue weighted by molar-refractivity contribution is 7.13. The van der Waals surface area contributed by atoms with Crippen LogP contribution in [0.1, 0.15) is 58.8 Å². The Kier molecular flexibility index (Phi) is 7.37. The number of fused-ring (bicyclic) bond motifs is 1. The van der Waals surface area contributed by atoms with Gasteiger partial charge in [-0.25, -0.2) is 9.78 Å². The fourth-order valence-electron chi connectivity index (χ4n) is 5.02. The molecule has 2 unspecified atom stereocenters. The van der Waals surface area contributed by atoms with Crippen molar-refractivity contribution in [2.24, 2.45) is 0 Å². The van der Waals surface area contributed by atoms with E-state index in [1.54, 1.807) is 16.2 Å². The Bertz CT molecular complexity index is 1220. The van der Waals surface area contributed by atoms with Gasteiger partial charge in [0.05, 0.1) is 11.4 Å². The van der Waals surface area contributed by atoms with Crippen LogP contribution < -0.4 is 9.64 Å². The minimum Gasteiger partial charge on any atom is -0.478 e. The van der Waals surface area contributed by atoms with Gasteiger partial charge in [-0.3, -0.25) is 9.69 Å². The number of hydrogen-bond acceptors (Lipinski definition) is 6. The summed E-state index contributed by atoms with van der Waals surface area (Å²) in [4.78, 5) is 33.3. The van der Waals surface area contributed by atoms with Crippen LogP contribution in [0.5, 0.6) is 5.75 Å². The number of amides is 1. The molecule has 2 heterocycles. The molecule has 1 fully saturated rings. The maximum Gasteiger partial charge on any atom is 0.329 e. The molecule has 0 radical (unpaired) electrons. The van der Waals surface area contributed by atoms with Crippen molar-refractivity contribution in [2.75, 3.05) is 4.90 Å². The highest BCUT2D eigenvalue weighted by Gasteiger charge is 2.41. The van der Waals surface area contributed by atoms with Gasteiger partial charge in [-0.1, -0.05) is 50.6 Å². The van der Waals surface area contributed by atoms with Crippen molar-refractivity contribution in [1.29, 1.82) is 0 Å². The highest BCUT2D eigenvalue weighted by Crippen LogP contribution is 2.40. The van der Waals surface area contributed by atoms with Crippen LogP contribution in [0.25, 0.3) is 21.8 Å². The zero-order chi connectivity index (χ0) is 25.1. The van der Waals surface area contributed by atoms with Crippen LogP contribution in [-0.2, 0) is 14.3 Å². The van der Waals surface area contributed by atoms with Crippen LogP contribution in [0.2, 0.25) is 0 Å². The average Bonchev–Trinajstić information content (AvgIpc) is 3.41. The Hall–Kier alpha value is -3.19. The van der Waals surface area contributed by atoms with Gasteiger partial charge in [-0.05, 0) is 56.7 Å². The second kappa shape index (κ2) is 10.8. The van der Waals surface area contributed by atoms with Crippen molar-refractivity contribution in [3.8, 4) is 27.6 Å². The van der Waals surface area contributed by atoms with Crippen molar-refractivity contribution in [3.05, 3.63) is 53.9 Å². The van der Waals surface area contributed by atoms with E-state index in [0.29, 0.717) is 24.3 Å². The maximum absolute atomic E-state index is 13.5. The molecule has 0 bridgehead atoms. The van der Waals surface area contributed by atoms with E-state index in [2.05, 4.69) is 0 Å². The van der Waals surface area contributed by atoms with Gasteiger partial charge in [0, 0.05) is 16.5 Å². The summed E-state index contributed by atoms with van der Waals surface area (Å²) in [5.41, 5.74) is 3.36. The molecule has 1 aliphatic carbocycles. The fraction of sp³-hybridized carbons (Fsp3) is 0.414. The molecule has 0 N–H and O–H groups in total. The van der Waals surface area contributed by atoms with Crippen molar-refractivity contribution in [3.63, 3.8) is 0 Å². The van der Waals surface area contributed by atoms with Crippen LogP contribution in [0.4, 0.5) is 5.69 Å². The topological polar surface area (TPSA) is 68.7 Å². The third-order valence-electron chi connectivity index (χ3n) is 7.00. The lowest BCUT2D eigenvalue weighted by atomic mass is 9.97. The van der Waals surface area contributed by atoms with Crippen LogP contribution in [0.3, 0.4) is 0 Å². The Morgan fingerprint density at radius 1 is 1.11 bits per heavy atom. The van der Waals surface area contributed by atoms with Crippen molar-refractivity contribution in [1.82, 2.24) is 4.98 Å². The Morgan fingerprint density at radius 2 is 1.89 bits per heavy atom. The number of thiazole rings is 1. The van der Waals surface area contributed by atoms with E-state index in [0.717, 1.165) is 47.5 Å².